The van der Waals surface area contributed by atoms with Crippen molar-refractivity contribution < 1.29 is 5.11 Å². The zero-order chi connectivity index (χ0) is 10.0. The van der Waals surface area contributed by atoms with E-state index in [0.29, 0.717) is 6.61 Å². The molecule has 0 amide bonds. The SMILES string of the molecule is CCC1(CO)CCN(C2CNC2)CC1. The third-order valence-electron chi connectivity index (χ3n) is 4.22. The first kappa shape index (κ1) is 10.4. The van der Waals surface area contributed by atoms with E-state index in [-0.39, 0.29) is 5.41 Å². The van der Waals surface area contributed by atoms with Gasteiger partial charge in [0.05, 0.1) is 0 Å². The predicted molar refractivity (Wildman–Crippen MR) is 57.3 cm³/mol. The second-order valence-electron chi connectivity index (χ2n) is 4.86. The Morgan fingerprint density at radius 2 is 2.00 bits per heavy atom. The Labute approximate surface area is 86.5 Å². The van der Waals surface area contributed by atoms with Crippen molar-refractivity contribution in [3.8, 4) is 0 Å². The molecule has 0 radical (unpaired) electrons. The van der Waals surface area contributed by atoms with Crippen LogP contribution in [0.25, 0.3) is 0 Å². The van der Waals surface area contributed by atoms with Crippen LogP contribution in [0.15, 0.2) is 0 Å². The summed E-state index contributed by atoms with van der Waals surface area (Å²) in [7, 11) is 0. The second kappa shape index (κ2) is 4.17. The summed E-state index contributed by atoms with van der Waals surface area (Å²) in [6, 6.07) is 0.781. The van der Waals surface area contributed by atoms with Crippen molar-refractivity contribution in [3.63, 3.8) is 0 Å². The summed E-state index contributed by atoms with van der Waals surface area (Å²) < 4.78 is 0. The number of hydrogen-bond donors (Lipinski definition) is 2. The Bertz CT molecular complexity index is 178. The summed E-state index contributed by atoms with van der Waals surface area (Å²) in [5, 5.41) is 12.7. The van der Waals surface area contributed by atoms with Gasteiger partial charge in [0.2, 0.25) is 0 Å². The number of rotatable bonds is 3. The first-order chi connectivity index (χ1) is 6.79. The highest BCUT2D eigenvalue weighted by Crippen LogP contribution is 2.34. The highest BCUT2D eigenvalue weighted by atomic mass is 16.3. The van der Waals surface area contributed by atoms with Crippen molar-refractivity contribution in [1.29, 1.82) is 0 Å². The molecule has 3 heteroatoms. The van der Waals surface area contributed by atoms with E-state index in [1.54, 1.807) is 0 Å². The molecule has 0 bridgehead atoms. The van der Waals surface area contributed by atoms with E-state index in [9.17, 15) is 5.11 Å². The molecular formula is C11H22N2O. The van der Waals surface area contributed by atoms with E-state index in [1.807, 2.05) is 0 Å². The molecule has 2 fully saturated rings. The van der Waals surface area contributed by atoms with Gasteiger partial charge in [-0.15, -0.1) is 0 Å². The number of piperidine rings is 1. The summed E-state index contributed by atoms with van der Waals surface area (Å²) >= 11 is 0. The summed E-state index contributed by atoms with van der Waals surface area (Å²) in [5.41, 5.74) is 0.244. The molecule has 0 unspecified atom stereocenters. The first-order valence-electron chi connectivity index (χ1n) is 5.85. The third-order valence-corrected chi connectivity index (χ3v) is 4.22. The average Bonchev–Trinajstić information content (AvgIpc) is 2.17. The summed E-state index contributed by atoms with van der Waals surface area (Å²) in [5.74, 6) is 0. The highest BCUT2D eigenvalue weighted by Gasteiger charge is 2.35. The Morgan fingerprint density at radius 3 is 2.36 bits per heavy atom. The second-order valence-corrected chi connectivity index (χ2v) is 4.86. The zero-order valence-corrected chi connectivity index (χ0v) is 9.13. The van der Waals surface area contributed by atoms with Crippen molar-refractivity contribution in [3.05, 3.63) is 0 Å². The van der Waals surface area contributed by atoms with Gasteiger partial charge in [-0.1, -0.05) is 6.92 Å². The Hall–Kier alpha value is -0.120. The molecule has 0 aromatic rings. The van der Waals surface area contributed by atoms with Gasteiger partial charge in [-0.25, -0.2) is 0 Å². The smallest absolute Gasteiger partial charge is 0.0488 e. The molecule has 0 saturated carbocycles. The minimum Gasteiger partial charge on any atom is -0.396 e. The van der Waals surface area contributed by atoms with E-state index < -0.39 is 0 Å². The zero-order valence-electron chi connectivity index (χ0n) is 9.13. The van der Waals surface area contributed by atoms with Crippen LogP contribution < -0.4 is 5.32 Å². The molecule has 2 heterocycles. The molecule has 3 nitrogen and oxygen atoms in total. The standard InChI is InChI=1S/C11H22N2O/c1-2-11(9-14)3-5-13(6-4-11)10-7-12-8-10/h10,12,14H,2-9H2,1H3. The van der Waals surface area contributed by atoms with Gasteiger partial charge in [-0.05, 0) is 37.8 Å². The monoisotopic (exact) mass is 198 g/mol. The van der Waals surface area contributed by atoms with Gasteiger partial charge in [-0.2, -0.15) is 0 Å². The summed E-state index contributed by atoms with van der Waals surface area (Å²) in [6.07, 6.45) is 3.48. The fourth-order valence-corrected chi connectivity index (χ4v) is 2.52. The molecule has 0 atom stereocenters. The number of nitrogens with zero attached hydrogens (tertiary/aromatic N) is 1. The largest absolute Gasteiger partial charge is 0.396 e. The van der Waals surface area contributed by atoms with Gasteiger partial charge < -0.3 is 10.4 Å². The van der Waals surface area contributed by atoms with E-state index in [0.717, 1.165) is 25.6 Å². The molecule has 14 heavy (non-hydrogen) atoms. The van der Waals surface area contributed by atoms with Crippen LogP contribution in [0, 0.1) is 5.41 Å². The van der Waals surface area contributed by atoms with Crippen LogP contribution in [-0.4, -0.2) is 48.8 Å². The Kier molecular flexibility index (Phi) is 3.10. The molecule has 2 aliphatic rings. The number of aliphatic hydroxyl groups excluding tert-OH is 1. The van der Waals surface area contributed by atoms with Crippen molar-refractivity contribution in [2.24, 2.45) is 5.41 Å². The number of likely N-dealkylation sites (tertiary alicyclic amines) is 1. The number of aliphatic hydroxyl groups is 1. The van der Waals surface area contributed by atoms with Crippen LogP contribution >= 0.6 is 0 Å². The van der Waals surface area contributed by atoms with Gasteiger partial charge in [0.25, 0.3) is 0 Å². The molecule has 0 aromatic carbocycles. The maximum Gasteiger partial charge on any atom is 0.0488 e. The van der Waals surface area contributed by atoms with Crippen molar-refractivity contribution in [1.82, 2.24) is 10.2 Å². The Morgan fingerprint density at radius 1 is 1.36 bits per heavy atom. The molecule has 0 aromatic heterocycles. The van der Waals surface area contributed by atoms with E-state index in [1.165, 1.54) is 25.9 Å². The molecular weight excluding hydrogens is 176 g/mol. The predicted octanol–water partition coefficient (Wildman–Crippen LogP) is 0.443. The third kappa shape index (κ3) is 1.81. The molecule has 2 aliphatic heterocycles. The lowest BCUT2D eigenvalue weighted by Gasteiger charge is -2.46. The molecule has 2 N–H and O–H groups in total. The van der Waals surface area contributed by atoms with Crippen LogP contribution in [0.5, 0.6) is 0 Å². The fraction of sp³-hybridized carbons (Fsp3) is 1.00. The molecule has 2 saturated heterocycles. The summed E-state index contributed by atoms with van der Waals surface area (Å²) in [4.78, 5) is 2.58. The van der Waals surface area contributed by atoms with Gasteiger partial charge in [0.15, 0.2) is 0 Å². The van der Waals surface area contributed by atoms with E-state index in [2.05, 4.69) is 17.1 Å². The quantitative estimate of drug-likeness (QED) is 0.691. The van der Waals surface area contributed by atoms with Crippen LogP contribution in [0.1, 0.15) is 26.2 Å². The van der Waals surface area contributed by atoms with Crippen LogP contribution in [0.3, 0.4) is 0 Å². The van der Waals surface area contributed by atoms with Gasteiger partial charge in [-0.3, -0.25) is 4.90 Å². The van der Waals surface area contributed by atoms with Crippen LogP contribution in [0.2, 0.25) is 0 Å². The molecule has 0 aliphatic carbocycles. The van der Waals surface area contributed by atoms with Crippen molar-refractivity contribution >= 4 is 0 Å². The fourth-order valence-electron chi connectivity index (χ4n) is 2.52. The van der Waals surface area contributed by atoms with Gasteiger partial charge in [0.1, 0.15) is 0 Å². The Balaban J connectivity index is 1.84. The lowest BCUT2D eigenvalue weighted by Crippen LogP contribution is -2.59. The number of hydrogen-bond acceptors (Lipinski definition) is 3. The van der Waals surface area contributed by atoms with Crippen molar-refractivity contribution in [2.45, 2.75) is 32.2 Å². The normalized spacial score (nSPS) is 28.7. The summed E-state index contributed by atoms with van der Waals surface area (Å²) in [6.45, 7) is 7.27. The van der Waals surface area contributed by atoms with E-state index in [4.69, 9.17) is 0 Å². The molecule has 0 spiro atoms. The maximum atomic E-state index is 9.41. The molecule has 2 rings (SSSR count). The molecule has 82 valence electrons. The minimum atomic E-state index is 0.244. The van der Waals surface area contributed by atoms with Crippen LogP contribution in [0.4, 0.5) is 0 Å². The lowest BCUT2D eigenvalue weighted by atomic mass is 9.76. The maximum absolute atomic E-state index is 9.41. The average molecular weight is 198 g/mol. The number of nitrogens with one attached hydrogen (secondary N) is 1. The van der Waals surface area contributed by atoms with Crippen LogP contribution in [-0.2, 0) is 0 Å². The van der Waals surface area contributed by atoms with E-state index >= 15 is 0 Å². The lowest BCUT2D eigenvalue weighted by molar-refractivity contribution is 0.0144. The minimum absolute atomic E-state index is 0.244. The van der Waals surface area contributed by atoms with Gasteiger partial charge >= 0.3 is 0 Å². The first-order valence-corrected chi connectivity index (χ1v) is 5.85. The highest BCUT2D eigenvalue weighted by molar-refractivity contribution is 4.91. The topological polar surface area (TPSA) is 35.5 Å². The van der Waals surface area contributed by atoms with Gasteiger partial charge in [0, 0.05) is 25.7 Å². The van der Waals surface area contributed by atoms with Crippen molar-refractivity contribution in [2.75, 3.05) is 32.8 Å².